The van der Waals surface area contributed by atoms with E-state index in [-0.39, 0.29) is 11.7 Å². The summed E-state index contributed by atoms with van der Waals surface area (Å²) in [4.78, 5) is 0. The largest absolute Gasteiger partial charge is 0.270 e. The van der Waals surface area contributed by atoms with Gasteiger partial charge in [0.15, 0.2) is 0 Å². The van der Waals surface area contributed by atoms with Crippen LogP contribution in [0.4, 0.5) is 0 Å². The first-order chi connectivity index (χ1) is 9.48. The van der Waals surface area contributed by atoms with Gasteiger partial charge in [-0.3, -0.25) is 4.18 Å². The molecule has 0 aromatic heterocycles. The maximum Gasteiger partial charge on any atom is 0.267 e. The average molecular weight is 307 g/mol. The van der Waals surface area contributed by atoms with Gasteiger partial charge < -0.3 is 0 Å². The smallest absolute Gasteiger partial charge is 0.267 e. The third kappa shape index (κ3) is 14.3. The van der Waals surface area contributed by atoms with E-state index in [1.165, 1.54) is 44.9 Å². The lowest BCUT2D eigenvalue weighted by atomic mass is 10.1. The van der Waals surface area contributed by atoms with E-state index in [9.17, 15) is 8.42 Å². The monoisotopic (exact) mass is 306 g/mol. The van der Waals surface area contributed by atoms with Crippen molar-refractivity contribution >= 4 is 10.1 Å². The third-order valence-electron chi connectivity index (χ3n) is 3.33. The molecule has 0 atom stereocenters. The van der Waals surface area contributed by atoms with Crippen LogP contribution in [0.2, 0.25) is 0 Å². The fraction of sp³-hybridized carbons (Fsp3) is 1.00. The molecule has 0 bridgehead atoms. The number of rotatable bonds is 14. The van der Waals surface area contributed by atoms with E-state index in [1.54, 1.807) is 0 Å². The first-order valence-electron chi connectivity index (χ1n) is 8.35. The van der Waals surface area contributed by atoms with Crippen LogP contribution >= 0.6 is 0 Å². The van der Waals surface area contributed by atoms with Gasteiger partial charge in [0.05, 0.1) is 12.4 Å². The molecule has 20 heavy (non-hydrogen) atoms. The summed E-state index contributed by atoms with van der Waals surface area (Å²) in [5, 5.41) is 0. The Morgan fingerprint density at radius 3 is 1.70 bits per heavy atom. The SMILES string of the molecule is CCCCCCCCCCCCS(=O)(=O)OCC(C)C. The molecule has 0 fully saturated rings. The van der Waals surface area contributed by atoms with Crippen LogP contribution < -0.4 is 0 Å². The molecule has 0 heterocycles. The molecule has 0 rings (SSSR count). The van der Waals surface area contributed by atoms with Crippen LogP contribution in [0, 0.1) is 5.92 Å². The summed E-state index contributed by atoms with van der Waals surface area (Å²) in [6.07, 6.45) is 12.1. The first-order valence-corrected chi connectivity index (χ1v) is 9.92. The van der Waals surface area contributed by atoms with Gasteiger partial charge in [0.25, 0.3) is 10.1 Å². The fourth-order valence-corrected chi connectivity index (χ4v) is 3.22. The molecule has 0 spiro atoms. The van der Waals surface area contributed by atoms with Gasteiger partial charge in [-0.25, -0.2) is 0 Å². The average Bonchev–Trinajstić information content (AvgIpc) is 2.39. The third-order valence-corrected chi connectivity index (χ3v) is 4.61. The van der Waals surface area contributed by atoms with Crippen LogP contribution in [0.5, 0.6) is 0 Å². The van der Waals surface area contributed by atoms with Gasteiger partial charge in [-0.05, 0) is 12.3 Å². The molecule has 4 heteroatoms. The molecule has 0 aliphatic rings. The Labute approximate surface area is 126 Å². The second kappa shape index (κ2) is 12.6. The fourth-order valence-electron chi connectivity index (χ4n) is 2.06. The number of hydrogen-bond acceptors (Lipinski definition) is 3. The Hall–Kier alpha value is -0.0900. The number of hydrogen-bond donors (Lipinski definition) is 0. The Morgan fingerprint density at radius 1 is 0.800 bits per heavy atom. The zero-order chi connectivity index (χ0) is 15.3. The van der Waals surface area contributed by atoms with Gasteiger partial charge in [-0.1, -0.05) is 78.6 Å². The van der Waals surface area contributed by atoms with Crippen LogP contribution in [0.15, 0.2) is 0 Å². The molecule has 0 saturated carbocycles. The molecule has 122 valence electrons. The van der Waals surface area contributed by atoms with E-state index in [0.29, 0.717) is 6.61 Å². The first kappa shape index (κ1) is 19.9. The van der Waals surface area contributed by atoms with Crippen molar-refractivity contribution in [2.45, 2.75) is 85.0 Å². The highest BCUT2D eigenvalue weighted by Gasteiger charge is 2.11. The van der Waals surface area contributed by atoms with E-state index >= 15 is 0 Å². The lowest BCUT2D eigenvalue weighted by Crippen LogP contribution is -2.14. The molecule has 0 unspecified atom stereocenters. The highest BCUT2D eigenvalue weighted by Crippen LogP contribution is 2.11. The predicted octanol–water partition coefficient (Wildman–Crippen LogP) is 4.91. The summed E-state index contributed by atoms with van der Waals surface area (Å²) in [5.74, 6) is 0.438. The lowest BCUT2D eigenvalue weighted by Gasteiger charge is -2.07. The minimum atomic E-state index is -3.28. The quantitative estimate of drug-likeness (QED) is 0.338. The minimum Gasteiger partial charge on any atom is -0.270 e. The molecule has 0 aromatic carbocycles. The standard InChI is InChI=1S/C16H34O3S/c1-4-5-6-7-8-9-10-11-12-13-14-20(17,18)19-15-16(2)3/h16H,4-15H2,1-3H3. The van der Waals surface area contributed by atoms with E-state index in [4.69, 9.17) is 4.18 Å². The second-order valence-electron chi connectivity index (χ2n) is 6.12. The molecule has 3 nitrogen and oxygen atoms in total. The second-order valence-corrected chi connectivity index (χ2v) is 7.88. The van der Waals surface area contributed by atoms with Gasteiger partial charge in [0, 0.05) is 0 Å². The maximum absolute atomic E-state index is 11.5. The molecular weight excluding hydrogens is 272 g/mol. The molecule has 0 aliphatic carbocycles. The van der Waals surface area contributed by atoms with Gasteiger partial charge >= 0.3 is 0 Å². The maximum atomic E-state index is 11.5. The molecular formula is C16H34O3S. The molecule has 0 aliphatic heterocycles. The summed E-state index contributed by atoms with van der Waals surface area (Å²) >= 11 is 0. The summed E-state index contributed by atoms with van der Waals surface area (Å²) in [6.45, 7) is 6.45. The van der Waals surface area contributed by atoms with Crippen molar-refractivity contribution in [1.82, 2.24) is 0 Å². The Bertz CT molecular complexity index is 297. The van der Waals surface area contributed by atoms with E-state index < -0.39 is 10.1 Å². The molecule has 0 aromatic rings. The van der Waals surface area contributed by atoms with Gasteiger partial charge in [0.1, 0.15) is 0 Å². The van der Waals surface area contributed by atoms with Crippen LogP contribution in [-0.2, 0) is 14.3 Å². The van der Waals surface area contributed by atoms with E-state index in [2.05, 4.69) is 6.92 Å². The topological polar surface area (TPSA) is 43.4 Å². The van der Waals surface area contributed by atoms with Crippen molar-refractivity contribution in [2.75, 3.05) is 12.4 Å². The number of unbranched alkanes of at least 4 members (excludes halogenated alkanes) is 9. The molecule has 0 N–H and O–H groups in total. The zero-order valence-electron chi connectivity index (χ0n) is 13.7. The van der Waals surface area contributed by atoms with Crippen molar-refractivity contribution in [2.24, 2.45) is 5.92 Å². The lowest BCUT2D eigenvalue weighted by molar-refractivity contribution is 0.274. The van der Waals surface area contributed by atoms with Gasteiger partial charge in [0.2, 0.25) is 0 Å². The Kier molecular flexibility index (Phi) is 12.6. The predicted molar refractivity (Wildman–Crippen MR) is 86.4 cm³/mol. The van der Waals surface area contributed by atoms with E-state index in [1.807, 2.05) is 13.8 Å². The summed E-state index contributed by atoms with van der Waals surface area (Å²) < 4.78 is 28.0. The van der Waals surface area contributed by atoms with Gasteiger partial charge in [-0.2, -0.15) is 8.42 Å². The molecule has 0 saturated heterocycles. The van der Waals surface area contributed by atoms with Crippen molar-refractivity contribution in [1.29, 1.82) is 0 Å². The minimum absolute atomic E-state index is 0.177. The summed E-state index contributed by atoms with van der Waals surface area (Å²) in [7, 11) is -3.28. The molecule has 0 amide bonds. The van der Waals surface area contributed by atoms with Gasteiger partial charge in [-0.15, -0.1) is 0 Å². The summed E-state index contributed by atoms with van der Waals surface area (Å²) in [5.41, 5.74) is 0. The highest BCUT2D eigenvalue weighted by atomic mass is 32.2. The van der Waals surface area contributed by atoms with Crippen molar-refractivity contribution < 1.29 is 12.6 Å². The Balaban J connectivity index is 3.34. The highest BCUT2D eigenvalue weighted by molar-refractivity contribution is 7.86. The van der Waals surface area contributed by atoms with Crippen LogP contribution in [0.25, 0.3) is 0 Å². The zero-order valence-corrected chi connectivity index (χ0v) is 14.5. The van der Waals surface area contributed by atoms with Crippen molar-refractivity contribution in [3.8, 4) is 0 Å². The normalized spacial score (nSPS) is 12.2. The van der Waals surface area contributed by atoms with Crippen molar-refractivity contribution in [3.63, 3.8) is 0 Å². The molecule has 0 radical (unpaired) electrons. The Morgan fingerprint density at radius 2 is 1.25 bits per heavy atom. The van der Waals surface area contributed by atoms with Crippen molar-refractivity contribution in [3.05, 3.63) is 0 Å². The van der Waals surface area contributed by atoms with Crippen LogP contribution in [0.1, 0.15) is 85.0 Å². The summed E-state index contributed by atoms with van der Waals surface area (Å²) in [6, 6.07) is 0. The van der Waals surface area contributed by atoms with E-state index in [0.717, 1.165) is 19.3 Å². The van der Waals surface area contributed by atoms with Crippen LogP contribution in [-0.4, -0.2) is 20.8 Å². The van der Waals surface area contributed by atoms with Crippen LogP contribution in [0.3, 0.4) is 0 Å².